The van der Waals surface area contributed by atoms with Gasteiger partial charge in [-0.3, -0.25) is 4.79 Å². The van der Waals surface area contributed by atoms with Crippen LogP contribution in [0.4, 0.5) is 0 Å². The highest BCUT2D eigenvalue weighted by Gasteiger charge is 2.44. The zero-order valence-corrected chi connectivity index (χ0v) is 16.9. The van der Waals surface area contributed by atoms with Gasteiger partial charge in [-0.15, -0.1) is 0 Å². The Labute approximate surface area is 181 Å². The Morgan fingerprint density at radius 1 is 1.09 bits per heavy atom. The van der Waals surface area contributed by atoms with Crippen LogP contribution in [0.1, 0.15) is 11.3 Å². The molecular formula is C21H24O11. The lowest BCUT2D eigenvalue weighted by molar-refractivity contribution is -0.299. The average molecular weight is 452 g/mol. The van der Waals surface area contributed by atoms with E-state index in [9.17, 15) is 35.4 Å². The summed E-state index contributed by atoms with van der Waals surface area (Å²) in [6.07, 6.45) is -4.90. The van der Waals surface area contributed by atoms with E-state index < -0.39 is 49.3 Å². The second kappa shape index (κ2) is 9.16. The normalized spacial score (nSPS) is 28.0. The van der Waals surface area contributed by atoms with Crippen molar-refractivity contribution in [1.82, 2.24) is 0 Å². The van der Waals surface area contributed by atoms with Gasteiger partial charge in [-0.05, 0) is 12.0 Å². The highest BCUT2D eigenvalue weighted by molar-refractivity contribution is 5.88. The lowest BCUT2D eigenvalue weighted by atomic mass is 9.99. The summed E-state index contributed by atoms with van der Waals surface area (Å²) < 4.78 is 22.2. The van der Waals surface area contributed by atoms with E-state index in [1.165, 1.54) is 6.07 Å². The summed E-state index contributed by atoms with van der Waals surface area (Å²) in [5.41, 5.74) is 0.762. The summed E-state index contributed by atoms with van der Waals surface area (Å²) in [5, 5.41) is 58.7. The number of rotatable bonds is 5. The highest BCUT2D eigenvalue weighted by atomic mass is 16.7. The molecule has 174 valence electrons. The maximum atomic E-state index is 12.3. The molecule has 2 aliphatic heterocycles. The summed E-state index contributed by atoms with van der Waals surface area (Å²) >= 11 is 0. The van der Waals surface area contributed by atoms with Gasteiger partial charge >= 0.3 is 0 Å². The summed E-state index contributed by atoms with van der Waals surface area (Å²) in [5.74, 6) is 0.0417. The molecule has 5 atom stereocenters. The van der Waals surface area contributed by atoms with E-state index in [1.54, 1.807) is 6.08 Å². The fraction of sp³-hybridized carbons (Fsp3) is 0.476. The molecule has 0 amide bonds. The van der Waals surface area contributed by atoms with Crippen LogP contribution in [-0.4, -0.2) is 81.2 Å². The second-order valence-corrected chi connectivity index (χ2v) is 7.68. The maximum absolute atomic E-state index is 12.3. The molecule has 0 spiro atoms. The topological polar surface area (TPSA) is 179 Å². The molecule has 0 aliphatic carbocycles. The first-order valence-corrected chi connectivity index (χ1v) is 9.99. The number of phenols is 1. The molecule has 2 aromatic rings. The van der Waals surface area contributed by atoms with Crippen molar-refractivity contribution in [3.63, 3.8) is 0 Å². The van der Waals surface area contributed by atoms with Gasteiger partial charge in [0.2, 0.25) is 0 Å². The third kappa shape index (κ3) is 4.11. The Morgan fingerprint density at radius 2 is 1.88 bits per heavy atom. The molecule has 32 heavy (non-hydrogen) atoms. The van der Waals surface area contributed by atoms with Crippen LogP contribution in [0.15, 0.2) is 33.0 Å². The first kappa shape index (κ1) is 22.7. The number of benzene rings is 1. The fourth-order valence-electron chi connectivity index (χ4n) is 3.76. The zero-order chi connectivity index (χ0) is 23.0. The van der Waals surface area contributed by atoms with Gasteiger partial charge in [0.25, 0.3) is 0 Å². The lowest BCUT2D eigenvalue weighted by Crippen LogP contribution is -2.59. The number of phenolic OH excluding ortho intramolecular Hbond substituents is 1. The SMILES string of the molecule is O=c1cc(CO)oc2c3c(cc(O)c12)OCC(CO[C@@H]1O[C@H](CO)[C@@H](O)[C@H](O)[C@H]1O)=CC3. The first-order valence-electron chi connectivity index (χ1n) is 9.99. The van der Waals surface area contributed by atoms with Crippen molar-refractivity contribution >= 4 is 11.0 Å². The summed E-state index contributed by atoms with van der Waals surface area (Å²) in [4.78, 5) is 12.3. The smallest absolute Gasteiger partial charge is 0.196 e. The highest BCUT2D eigenvalue weighted by Crippen LogP contribution is 2.36. The number of fused-ring (bicyclic) bond motifs is 3. The molecule has 1 fully saturated rings. The molecular weight excluding hydrogens is 428 g/mol. The van der Waals surface area contributed by atoms with Gasteiger partial charge in [0.05, 0.1) is 13.2 Å². The maximum Gasteiger partial charge on any atom is 0.196 e. The second-order valence-electron chi connectivity index (χ2n) is 7.68. The number of aliphatic hydroxyl groups is 5. The third-order valence-electron chi connectivity index (χ3n) is 5.54. The predicted octanol–water partition coefficient (Wildman–Crippen LogP) is -1.33. The standard InChI is InChI=1S/C21H24O11/c22-5-10-3-12(24)16-13(25)4-14-11(20(16)31-10)2-1-9(7-29-14)8-30-21-19(28)18(27)17(26)15(6-23)32-21/h1,3-4,15,17-19,21-23,25-28H,2,5-8H2/t15-,17-,18+,19-,21-/m1/s1. The first-order chi connectivity index (χ1) is 15.3. The van der Waals surface area contributed by atoms with E-state index in [0.717, 1.165) is 6.07 Å². The average Bonchev–Trinajstić information content (AvgIpc) is 2.99. The van der Waals surface area contributed by atoms with Crippen LogP contribution in [0.3, 0.4) is 0 Å². The molecule has 3 heterocycles. The van der Waals surface area contributed by atoms with E-state index in [0.29, 0.717) is 16.9 Å². The summed E-state index contributed by atoms with van der Waals surface area (Å²) in [6.45, 7) is -1.06. The minimum atomic E-state index is -1.55. The predicted molar refractivity (Wildman–Crippen MR) is 107 cm³/mol. The summed E-state index contributed by atoms with van der Waals surface area (Å²) in [7, 11) is 0. The monoisotopic (exact) mass is 452 g/mol. The molecule has 0 radical (unpaired) electrons. The molecule has 6 N–H and O–H groups in total. The Balaban J connectivity index is 1.54. The van der Waals surface area contributed by atoms with Gasteiger partial charge in [-0.25, -0.2) is 0 Å². The van der Waals surface area contributed by atoms with Crippen LogP contribution < -0.4 is 10.2 Å². The van der Waals surface area contributed by atoms with Crippen LogP contribution in [-0.2, 0) is 22.5 Å². The molecule has 1 aromatic heterocycles. The minimum absolute atomic E-state index is 0.0148. The van der Waals surface area contributed by atoms with E-state index in [2.05, 4.69) is 0 Å². The van der Waals surface area contributed by atoms with Crippen molar-refractivity contribution in [2.45, 2.75) is 43.7 Å². The quantitative estimate of drug-likeness (QED) is 0.296. The number of aliphatic hydroxyl groups excluding tert-OH is 5. The van der Waals surface area contributed by atoms with Crippen LogP contribution >= 0.6 is 0 Å². The van der Waals surface area contributed by atoms with Gasteiger partial charge in [0, 0.05) is 17.7 Å². The molecule has 1 aromatic carbocycles. The van der Waals surface area contributed by atoms with Gasteiger partial charge in [0.1, 0.15) is 65.9 Å². The molecule has 11 heteroatoms. The minimum Gasteiger partial charge on any atom is -0.507 e. The van der Waals surface area contributed by atoms with Crippen molar-refractivity contribution in [3.8, 4) is 11.5 Å². The molecule has 0 unspecified atom stereocenters. The van der Waals surface area contributed by atoms with Gasteiger partial charge in [-0.1, -0.05) is 6.08 Å². The van der Waals surface area contributed by atoms with Crippen molar-refractivity contribution < 1.29 is 49.3 Å². The number of aromatic hydroxyl groups is 1. The largest absolute Gasteiger partial charge is 0.507 e. The van der Waals surface area contributed by atoms with E-state index in [4.69, 9.17) is 18.6 Å². The molecule has 0 bridgehead atoms. The fourth-order valence-corrected chi connectivity index (χ4v) is 3.76. The van der Waals surface area contributed by atoms with Crippen molar-refractivity contribution in [3.05, 3.63) is 45.3 Å². The van der Waals surface area contributed by atoms with Crippen molar-refractivity contribution in [1.29, 1.82) is 0 Å². The van der Waals surface area contributed by atoms with Crippen molar-refractivity contribution in [2.75, 3.05) is 19.8 Å². The Hall–Kier alpha value is -2.51. The lowest BCUT2D eigenvalue weighted by Gasteiger charge is -2.39. The summed E-state index contributed by atoms with van der Waals surface area (Å²) in [6, 6.07) is 2.43. The van der Waals surface area contributed by atoms with E-state index in [1.807, 2.05) is 0 Å². The van der Waals surface area contributed by atoms with Crippen LogP contribution in [0.5, 0.6) is 11.5 Å². The Morgan fingerprint density at radius 3 is 2.59 bits per heavy atom. The third-order valence-corrected chi connectivity index (χ3v) is 5.54. The molecule has 11 nitrogen and oxygen atoms in total. The molecule has 1 saturated heterocycles. The number of allylic oxidation sites excluding steroid dienone is 1. The van der Waals surface area contributed by atoms with Crippen LogP contribution in [0.25, 0.3) is 11.0 Å². The van der Waals surface area contributed by atoms with Gasteiger partial charge < -0.3 is 49.3 Å². The van der Waals surface area contributed by atoms with Gasteiger partial charge in [-0.2, -0.15) is 0 Å². The zero-order valence-electron chi connectivity index (χ0n) is 16.9. The number of hydrogen-bond donors (Lipinski definition) is 6. The molecule has 2 aliphatic rings. The van der Waals surface area contributed by atoms with Crippen LogP contribution in [0.2, 0.25) is 0 Å². The van der Waals surface area contributed by atoms with E-state index >= 15 is 0 Å². The molecule has 4 rings (SSSR count). The van der Waals surface area contributed by atoms with Crippen molar-refractivity contribution in [2.24, 2.45) is 0 Å². The van der Waals surface area contributed by atoms with E-state index in [-0.39, 0.29) is 42.1 Å². The number of hydrogen-bond acceptors (Lipinski definition) is 11. The Bertz CT molecular complexity index is 1070. The number of ether oxygens (including phenoxy) is 3. The Kier molecular flexibility index (Phi) is 6.49. The van der Waals surface area contributed by atoms with Gasteiger partial charge in [0.15, 0.2) is 11.7 Å². The molecule has 0 saturated carbocycles. The van der Waals surface area contributed by atoms with Crippen LogP contribution in [0, 0.1) is 0 Å².